The maximum atomic E-state index is 13.7. The molecule has 3 nitrogen and oxygen atoms in total. The molecular formula is C14H16ClFN2O. The summed E-state index contributed by atoms with van der Waals surface area (Å²) in [4.78, 5) is 12.0. The lowest BCUT2D eigenvalue weighted by atomic mass is 10.0. The predicted octanol–water partition coefficient (Wildman–Crippen LogP) is 2.24. The van der Waals surface area contributed by atoms with E-state index in [4.69, 9.17) is 11.6 Å². The van der Waals surface area contributed by atoms with Crippen molar-refractivity contribution in [2.45, 2.75) is 38.4 Å². The summed E-state index contributed by atoms with van der Waals surface area (Å²) in [5.74, 6) is -0.522. The first-order valence-electron chi connectivity index (χ1n) is 6.46. The summed E-state index contributed by atoms with van der Waals surface area (Å²) in [6, 6.07) is 5.13. The number of benzene rings is 1. The van der Waals surface area contributed by atoms with Crippen LogP contribution in [0.25, 0.3) is 0 Å². The van der Waals surface area contributed by atoms with Crippen molar-refractivity contribution >= 4 is 17.5 Å². The van der Waals surface area contributed by atoms with Crippen LogP contribution in [-0.2, 0) is 11.3 Å². The maximum Gasteiger partial charge on any atom is 0.237 e. The average Bonchev–Trinajstić information content (AvgIpc) is 2.89. The second-order valence-electron chi connectivity index (χ2n) is 5.76. The van der Waals surface area contributed by atoms with Gasteiger partial charge in [0.15, 0.2) is 0 Å². The van der Waals surface area contributed by atoms with E-state index < -0.39 is 5.82 Å². The average molecular weight is 283 g/mol. The third-order valence-electron chi connectivity index (χ3n) is 4.23. The monoisotopic (exact) mass is 282 g/mol. The summed E-state index contributed by atoms with van der Waals surface area (Å²) < 4.78 is 13.7. The zero-order valence-corrected chi connectivity index (χ0v) is 11.4. The fourth-order valence-corrected chi connectivity index (χ4v) is 3.01. The van der Waals surface area contributed by atoms with Crippen LogP contribution in [0, 0.1) is 11.2 Å². The van der Waals surface area contributed by atoms with Crippen LogP contribution in [0.5, 0.6) is 0 Å². The molecule has 0 bridgehead atoms. The van der Waals surface area contributed by atoms with E-state index in [0.29, 0.717) is 17.0 Å². The zero-order chi connectivity index (χ0) is 13.6. The Hall–Kier alpha value is -1.13. The van der Waals surface area contributed by atoms with Crippen molar-refractivity contribution in [3.8, 4) is 0 Å². The molecule has 3 atom stereocenters. The Morgan fingerprint density at radius 2 is 2.37 bits per heavy atom. The number of fused-ring (bicyclic) bond motifs is 1. The quantitative estimate of drug-likeness (QED) is 0.893. The third kappa shape index (κ3) is 2.35. The molecule has 1 aliphatic heterocycles. The molecule has 0 radical (unpaired) electrons. The molecule has 3 unspecified atom stereocenters. The second-order valence-corrected chi connectivity index (χ2v) is 6.17. The summed E-state index contributed by atoms with van der Waals surface area (Å²) in [6.07, 6.45) is 2.02. The largest absolute Gasteiger partial charge is 0.351 e. The normalized spacial score (nSPS) is 31.9. The Labute approximate surface area is 116 Å². The van der Waals surface area contributed by atoms with Crippen molar-refractivity contribution in [1.82, 2.24) is 10.6 Å². The van der Waals surface area contributed by atoms with E-state index >= 15 is 0 Å². The van der Waals surface area contributed by atoms with E-state index in [9.17, 15) is 9.18 Å². The van der Waals surface area contributed by atoms with Crippen LogP contribution < -0.4 is 10.6 Å². The number of hydrogen-bond donors (Lipinski definition) is 2. The molecular weight excluding hydrogens is 267 g/mol. The molecule has 1 amide bonds. The lowest BCUT2D eigenvalue weighted by Crippen LogP contribution is -2.42. The molecule has 1 aliphatic carbocycles. The smallest absolute Gasteiger partial charge is 0.237 e. The Morgan fingerprint density at radius 1 is 1.58 bits per heavy atom. The van der Waals surface area contributed by atoms with Crippen LogP contribution in [0.15, 0.2) is 18.2 Å². The molecule has 2 fully saturated rings. The van der Waals surface area contributed by atoms with E-state index in [-0.39, 0.29) is 23.5 Å². The highest BCUT2D eigenvalue weighted by atomic mass is 35.5. The molecule has 0 aromatic heterocycles. The number of amides is 1. The van der Waals surface area contributed by atoms with E-state index in [2.05, 4.69) is 17.6 Å². The van der Waals surface area contributed by atoms with Gasteiger partial charge in [-0.3, -0.25) is 4.79 Å². The van der Waals surface area contributed by atoms with Gasteiger partial charge in [0.1, 0.15) is 5.82 Å². The van der Waals surface area contributed by atoms with Gasteiger partial charge >= 0.3 is 0 Å². The molecule has 1 saturated carbocycles. The van der Waals surface area contributed by atoms with Crippen molar-refractivity contribution in [3.05, 3.63) is 34.6 Å². The minimum absolute atomic E-state index is 0.0622. The molecule has 0 spiro atoms. The van der Waals surface area contributed by atoms with Crippen LogP contribution in [0.2, 0.25) is 5.02 Å². The molecule has 3 rings (SSSR count). The molecule has 1 aromatic carbocycles. The van der Waals surface area contributed by atoms with Crippen LogP contribution in [0.4, 0.5) is 4.39 Å². The second kappa shape index (κ2) is 4.46. The first kappa shape index (κ1) is 12.9. The number of carbonyl (C=O) groups excluding carboxylic acids is 1. The highest BCUT2D eigenvalue weighted by Crippen LogP contribution is 2.53. The van der Waals surface area contributed by atoms with Gasteiger partial charge in [0.25, 0.3) is 0 Å². The van der Waals surface area contributed by atoms with Crippen molar-refractivity contribution in [2.24, 2.45) is 5.41 Å². The van der Waals surface area contributed by atoms with Gasteiger partial charge in [0.05, 0.1) is 11.1 Å². The lowest BCUT2D eigenvalue weighted by Gasteiger charge is -2.14. The third-order valence-corrected chi connectivity index (χ3v) is 4.52. The summed E-state index contributed by atoms with van der Waals surface area (Å²) in [6.45, 7) is 2.36. The van der Waals surface area contributed by atoms with Crippen molar-refractivity contribution < 1.29 is 9.18 Å². The van der Waals surface area contributed by atoms with Gasteiger partial charge in [-0.25, -0.2) is 4.39 Å². The van der Waals surface area contributed by atoms with Crippen LogP contribution >= 0.6 is 11.6 Å². The Bertz CT molecular complexity index is 536. The molecule has 1 aromatic rings. The molecule has 1 heterocycles. The van der Waals surface area contributed by atoms with Crippen LogP contribution in [0.1, 0.15) is 25.3 Å². The number of rotatable bonds is 3. The van der Waals surface area contributed by atoms with Gasteiger partial charge in [-0.2, -0.15) is 0 Å². The van der Waals surface area contributed by atoms with Gasteiger partial charge in [0, 0.05) is 18.2 Å². The fraction of sp³-hybridized carbons (Fsp3) is 0.500. The van der Waals surface area contributed by atoms with E-state index in [1.54, 1.807) is 12.1 Å². The number of carbonyl (C=O) groups is 1. The molecule has 1 saturated heterocycles. The van der Waals surface area contributed by atoms with Crippen LogP contribution in [-0.4, -0.2) is 18.0 Å². The molecule has 2 aliphatic rings. The number of halogens is 2. The first-order valence-corrected chi connectivity index (χ1v) is 6.84. The van der Waals surface area contributed by atoms with Gasteiger partial charge < -0.3 is 10.6 Å². The van der Waals surface area contributed by atoms with E-state index in [1.165, 1.54) is 6.07 Å². The molecule has 5 heteroatoms. The van der Waals surface area contributed by atoms with Gasteiger partial charge in [-0.05, 0) is 24.3 Å². The number of piperidine rings is 1. The van der Waals surface area contributed by atoms with Gasteiger partial charge in [-0.1, -0.05) is 30.7 Å². The van der Waals surface area contributed by atoms with Crippen molar-refractivity contribution in [2.75, 3.05) is 0 Å². The van der Waals surface area contributed by atoms with Crippen molar-refractivity contribution in [3.63, 3.8) is 0 Å². The standard InChI is InChI=1S/C14H16ClFN2O/c1-14-5-10(18-11(14)6-14)13(19)17-7-8-3-2-4-9(15)12(8)16/h2-4,10-11,18H,5-7H2,1H3,(H,17,19). The van der Waals surface area contributed by atoms with Crippen molar-refractivity contribution in [1.29, 1.82) is 0 Å². The summed E-state index contributed by atoms with van der Waals surface area (Å²) in [5.41, 5.74) is 0.707. The maximum absolute atomic E-state index is 13.7. The molecule has 19 heavy (non-hydrogen) atoms. The van der Waals surface area contributed by atoms with Crippen LogP contribution in [0.3, 0.4) is 0 Å². The highest BCUT2D eigenvalue weighted by Gasteiger charge is 2.57. The Balaban J connectivity index is 1.58. The topological polar surface area (TPSA) is 41.1 Å². The molecule has 102 valence electrons. The molecule has 2 N–H and O–H groups in total. The minimum Gasteiger partial charge on any atom is -0.351 e. The summed E-state index contributed by atoms with van der Waals surface area (Å²) >= 11 is 5.70. The highest BCUT2D eigenvalue weighted by molar-refractivity contribution is 6.30. The van der Waals surface area contributed by atoms with Gasteiger partial charge in [0.2, 0.25) is 5.91 Å². The van der Waals surface area contributed by atoms with E-state index in [1.807, 2.05) is 0 Å². The van der Waals surface area contributed by atoms with E-state index in [0.717, 1.165) is 12.8 Å². The summed E-state index contributed by atoms with van der Waals surface area (Å²) in [5, 5.41) is 6.15. The number of hydrogen-bond acceptors (Lipinski definition) is 2. The first-order chi connectivity index (χ1) is 8.99. The lowest BCUT2D eigenvalue weighted by molar-refractivity contribution is -0.123. The fourth-order valence-electron chi connectivity index (χ4n) is 2.82. The number of nitrogens with one attached hydrogen (secondary N) is 2. The Morgan fingerprint density at radius 3 is 3.05 bits per heavy atom. The zero-order valence-electron chi connectivity index (χ0n) is 10.7. The SMILES string of the molecule is CC12CC(C(=O)NCc3cccc(Cl)c3F)NC1C2. The van der Waals surface area contributed by atoms with Gasteiger partial charge in [-0.15, -0.1) is 0 Å². The Kier molecular flexibility index (Phi) is 3.02. The predicted molar refractivity (Wildman–Crippen MR) is 71.3 cm³/mol. The summed E-state index contributed by atoms with van der Waals surface area (Å²) in [7, 11) is 0. The minimum atomic E-state index is -0.460.